The summed E-state index contributed by atoms with van der Waals surface area (Å²) in [5.41, 5.74) is 0.993. The van der Waals surface area contributed by atoms with Crippen LogP contribution in [0.1, 0.15) is 18.5 Å². The third-order valence-corrected chi connectivity index (χ3v) is 2.34. The van der Waals surface area contributed by atoms with Crippen LogP contribution in [0, 0.1) is 0 Å². The van der Waals surface area contributed by atoms with Gasteiger partial charge in [-0.15, -0.1) is 11.6 Å². The van der Waals surface area contributed by atoms with Crippen LogP contribution in [0.25, 0.3) is 0 Å². The van der Waals surface area contributed by atoms with Crippen molar-refractivity contribution in [3.63, 3.8) is 0 Å². The molecule has 1 atom stereocenters. The van der Waals surface area contributed by atoms with Crippen LogP contribution in [-0.2, 0) is 4.79 Å². The molecule has 0 heterocycles. The van der Waals surface area contributed by atoms with Crippen LogP contribution in [0.2, 0.25) is 0 Å². The number of carbonyl (C=O) groups excluding carboxylic acids is 1. The minimum atomic E-state index is -0.174. The molecule has 0 spiro atoms. The Bertz CT molecular complexity index is 341. The van der Waals surface area contributed by atoms with E-state index in [2.05, 4.69) is 5.32 Å². The van der Waals surface area contributed by atoms with Crippen molar-refractivity contribution in [2.45, 2.75) is 13.0 Å². The minimum absolute atomic E-state index is 0.0195. The van der Waals surface area contributed by atoms with Gasteiger partial charge in [0.2, 0.25) is 5.91 Å². The van der Waals surface area contributed by atoms with Crippen LogP contribution < -0.4 is 10.1 Å². The summed E-state index contributed by atoms with van der Waals surface area (Å²) in [6, 6.07) is 7.50. The first kappa shape index (κ1) is 11.9. The number of hydrogen-bond donors (Lipinski definition) is 1. The van der Waals surface area contributed by atoms with Crippen LogP contribution >= 0.6 is 11.6 Å². The van der Waals surface area contributed by atoms with E-state index in [0.717, 1.165) is 11.3 Å². The van der Waals surface area contributed by atoms with Crippen molar-refractivity contribution in [2.24, 2.45) is 0 Å². The van der Waals surface area contributed by atoms with Crippen LogP contribution in [0.15, 0.2) is 24.3 Å². The van der Waals surface area contributed by atoms with Gasteiger partial charge in [-0.25, -0.2) is 0 Å². The van der Waals surface area contributed by atoms with Crippen molar-refractivity contribution in [1.82, 2.24) is 5.32 Å². The first-order valence-electron chi connectivity index (χ1n) is 4.66. The Balaban J connectivity index is 2.72. The third-order valence-electron chi connectivity index (χ3n) is 2.09. The molecule has 0 saturated carbocycles. The van der Waals surface area contributed by atoms with Gasteiger partial charge in [0.1, 0.15) is 11.6 Å². The number of halogens is 1. The molecule has 0 aromatic heterocycles. The lowest BCUT2D eigenvalue weighted by atomic mass is 10.1. The zero-order valence-corrected chi connectivity index (χ0v) is 9.54. The molecule has 4 heteroatoms. The number of ether oxygens (including phenoxy) is 1. The molecule has 3 nitrogen and oxygen atoms in total. The molecule has 0 bridgehead atoms. The van der Waals surface area contributed by atoms with Crippen molar-refractivity contribution < 1.29 is 9.53 Å². The van der Waals surface area contributed by atoms with Gasteiger partial charge in [0, 0.05) is 0 Å². The molecule has 0 fully saturated rings. The summed E-state index contributed by atoms with van der Waals surface area (Å²) >= 11 is 5.41. The number of hydrogen-bond acceptors (Lipinski definition) is 2. The zero-order chi connectivity index (χ0) is 11.3. The second kappa shape index (κ2) is 5.61. The molecule has 0 aliphatic carbocycles. The smallest absolute Gasteiger partial charge is 0.235 e. The van der Waals surface area contributed by atoms with Gasteiger partial charge in [-0.3, -0.25) is 4.79 Å². The third kappa shape index (κ3) is 3.44. The predicted octanol–water partition coefficient (Wildman–Crippen LogP) is 2.11. The van der Waals surface area contributed by atoms with E-state index < -0.39 is 0 Å². The molecular formula is C11H14ClNO2. The molecular weight excluding hydrogens is 214 g/mol. The number of nitrogens with one attached hydrogen (secondary N) is 1. The van der Waals surface area contributed by atoms with Gasteiger partial charge >= 0.3 is 0 Å². The zero-order valence-electron chi connectivity index (χ0n) is 8.79. The Morgan fingerprint density at radius 1 is 1.60 bits per heavy atom. The lowest BCUT2D eigenvalue weighted by Gasteiger charge is -2.14. The Morgan fingerprint density at radius 3 is 2.93 bits per heavy atom. The Hall–Kier alpha value is -1.22. The van der Waals surface area contributed by atoms with Crippen molar-refractivity contribution in [1.29, 1.82) is 0 Å². The molecule has 1 amide bonds. The van der Waals surface area contributed by atoms with E-state index in [1.165, 1.54) is 0 Å². The number of benzene rings is 1. The van der Waals surface area contributed by atoms with Crippen LogP contribution in [0.5, 0.6) is 5.75 Å². The monoisotopic (exact) mass is 227 g/mol. The maximum atomic E-state index is 11.1. The highest BCUT2D eigenvalue weighted by molar-refractivity contribution is 6.27. The second-order valence-electron chi connectivity index (χ2n) is 3.20. The fourth-order valence-corrected chi connectivity index (χ4v) is 1.35. The van der Waals surface area contributed by atoms with Crippen molar-refractivity contribution in [2.75, 3.05) is 13.0 Å². The van der Waals surface area contributed by atoms with E-state index in [1.54, 1.807) is 7.11 Å². The van der Waals surface area contributed by atoms with Crippen molar-refractivity contribution in [3.05, 3.63) is 29.8 Å². The molecule has 0 saturated heterocycles. The van der Waals surface area contributed by atoms with Crippen molar-refractivity contribution >= 4 is 17.5 Å². The van der Waals surface area contributed by atoms with Crippen LogP contribution in [0.3, 0.4) is 0 Å². The van der Waals surface area contributed by atoms with E-state index in [9.17, 15) is 4.79 Å². The molecule has 1 rings (SSSR count). The predicted molar refractivity (Wildman–Crippen MR) is 60.3 cm³/mol. The normalized spacial score (nSPS) is 11.9. The molecule has 1 aromatic rings. The van der Waals surface area contributed by atoms with Gasteiger partial charge in [-0.1, -0.05) is 12.1 Å². The standard InChI is InChI=1S/C11H14ClNO2/c1-8(13-11(14)7-12)9-4-3-5-10(6-9)15-2/h3-6,8H,7H2,1-2H3,(H,13,14). The fraction of sp³-hybridized carbons (Fsp3) is 0.364. The lowest BCUT2D eigenvalue weighted by Crippen LogP contribution is -2.27. The summed E-state index contributed by atoms with van der Waals surface area (Å²) in [6.07, 6.45) is 0. The summed E-state index contributed by atoms with van der Waals surface area (Å²) in [5.74, 6) is 0.584. The Morgan fingerprint density at radius 2 is 2.33 bits per heavy atom. The average molecular weight is 228 g/mol. The molecule has 0 aliphatic rings. The maximum absolute atomic E-state index is 11.1. The number of carbonyl (C=O) groups is 1. The summed E-state index contributed by atoms with van der Waals surface area (Å²) in [5, 5.41) is 2.77. The van der Waals surface area contributed by atoms with Gasteiger partial charge in [0.15, 0.2) is 0 Å². The number of methoxy groups -OCH3 is 1. The van der Waals surface area contributed by atoms with Crippen molar-refractivity contribution in [3.8, 4) is 5.75 Å². The summed E-state index contributed by atoms with van der Waals surface area (Å²) in [4.78, 5) is 11.1. The highest BCUT2D eigenvalue weighted by Crippen LogP contribution is 2.18. The largest absolute Gasteiger partial charge is 0.497 e. The summed E-state index contributed by atoms with van der Waals surface area (Å²) in [6.45, 7) is 1.90. The highest BCUT2D eigenvalue weighted by atomic mass is 35.5. The first-order valence-corrected chi connectivity index (χ1v) is 5.20. The topological polar surface area (TPSA) is 38.3 Å². The maximum Gasteiger partial charge on any atom is 0.235 e. The van der Waals surface area contributed by atoms with E-state index >= 15 is 0 Å². The first-order chi connectivity index (χ1) is 7.17. The van der Waals surface area contributed by atoms with Gasteiger partial charge in [0.25, 0.3) is 0 Å². The molecule has 1 aromatic carbocycles. The van der Waals surface area contributed by atoms with Gasteiger partial charge < -0.3 is 10.1 Å². The minimum Gasteiger partial charge on any atom is -0.497 e. The van der Waals surface area contributed by atoms with Crippen LogP contribution in [-0.4, -0.2) is 18.9 Å². The van der Waals surface area contributed by atoms with E-state index in [0.29, 0.717) is 0 Å². The lowest BCUT2D eigenvalue weighted by molar-refractivity contribution is -0.119. The number of amides is 1. The quantitative estimate of drug-likeness (QED) is 0.801. The van der Waals surface area contributed by atoms with Gasteiger partial charge in [0.05, 0.1) is 13.2 Å². The molecule has 0 aliphatic heterocycles. The van der Waals surface area contributed by atoms with E-state index in [1.807, 2.05) is 31.2 Å². The SMILES string of the molecule is COc1cccc(C(C)NC(=O)CCl)c1. The van der Waals surface area contributed by atoms with Crippen LogP contribution in [0.4, 0.5) is 0 Å². The molecule has 1 N–H and O–H groups in total. The molecule has 82 valence electrons. The molecule has 15 heavy (non-hydrogen) atoms. The highest BCUT2D eigenvalue weighted by Gasteiger charge is 2.08. The summed E-state index contributed by atoms with van der Waals surface area (Å²) in [7, 11) is 1.61. The fourth-order valence-electron chi connectivity index (χ4n) is 1.27. The average Bonchev–Trinajstić information content (AvgIpc) is 2.28. The number of rotatable bonds is 4. The molecule has 0 radical (unpaired) electrons. The molecule has 1 unspecified atom stereocenters. The van der Waals surface area contributed by atoms with Gasteiger partial charge in [-0.2, -0.15) is 0 Å². The van der Waals surface area contributed by atoms with E-state index in [4.69, 9.17) is 16.3 Å². The Labute approximate surface area is 94.4 Å². The summed E-state index contributed by atoms with van der Waals surface area (Å²) < 4.78 is 5.10. The number of alkyl halides is 1. The van der Waals surface area contributed by atoms with E-state index in [-0.39, 0.29) is 17.8 Å². The second-order valence-corrected chi connectivity index (χ2v) is 3.47. The van der Waals surface area contributed by atoms with Gasteiger partial charge in [-0.05, 0) is 24.6 Å². The Kier molecular flexibility index (Phi) is 4.43.